The Morgan fingerprint density at radius 2 is 1.96 bits per heavy atom. The zero-order valence-corrected chi connectivity index (χ0v) is 16.0. The lowest BCUT2D eigenvalue weighted by atomic mass is 9.71. The van der Waals surface area contributed by atoms with Gasteiger partial charge in [0.1, 0.15) is 5.41 Å². The largest absolute Gasteiger partial charge is 0.481 e. The summed E-state index contributed by atoms with van der Waals surface area (Å²) < 4.78 is 0. The van der Waals surface area contributed by atoms with Gasteiger partial charge in [0.25, 0.3) is 0 Å². The van der Waals surface area contributed by atoms with Crippen LogP contribution in [0.1, 0.15) is 29.7 Å². The molecule has 1 aliphatic rings. The molecule has 2 N–H and O–H groups in total. The number of carboxylic acids is 1. The fraction of sp³-hybridized carbons (Fsp3) is 0.429. The molecule has 2 heterocycles. The molecule has 0 aliphatic carbocycles. The second-order valence-corrected chi connectivity index (χ2v) is 8.19. The normalized spacial score (nSPS) is 22.6. The summed E-state index contributed by atoms with van der Waals surface area (Å²) in [5.41, 5.74) is -0.357. The van der Waals surface area contributed by atoms with E-state index in [1.807, 2.05) is 41.8 Å². The van der Waals surface area contributed by atoms with Crippen LogP contribution in [-0.4, -0.2) is 46.2 Å². The van der Waals surface area contributed by atoms with Gasteiger partial charge < -0.3 is 15.1 Å². The number of aliphatic hydroxyl groups is 1. The third-order valence-electron chi connectivity index (χ3n) is 5.39. The number of carbonyl (C=O) groups is 2. The lowest BCUT2D eigenvalue weighted by molar-refractivity contribution is -0.166. The van der Waals surface area contributed by atoms with E-state index in [0.717, 1.165) is 18.4 Å². The topological polar surface area (TPSA) is 77.8 Å². The van der Waals surface area contributed by atoms with Crippen LogP contribution in [0.25, 0.3) is 0 Å². The van der Waals surface area contributed by atoms with E-state index < -0.39 is 17.5 Å². The summed E-state index contributed by atoms with van der Waals surface area (Å²) in [6, 6.07) is 13.4. The van der Waals surface area contributed by atoms with E-state index >= 15 is 0 Å². The smallest absolute Gasteiger partial charge is 0.312 e. The number of aryl methyl sites for hydroxylation is 1. The number of aliphatic hydroxyl groups excluding tert-OH is 1. The van der Waals surface area contributed by atoms with Crippen molar-refractivity contribution in [3.05, 3.63) is 58.3 Å². The minimum atomic E-state index is -1.24. The number of amides is 1. The predicted molar refractivity (Wildman–Crippen MR) is 105 cm³/mol. The van der Waals surface area contributed by atoms with Crippen molar-refractivity contribution in [2.45, 2.75) is 38.2 Å². The monoisotopic (exact) mass is 387 g/mol. The summed E-state index contributed by atoms with van der Waals surface area (Å²) in [7, 11) is 0. The third-order valence-corrected chi connectivity index (χ3v) is 6.33. The average molecular weight is 388 g/mol. The predicted octanol–water partition coefficient (Wildman–Crippen LogP) is 2.98. The molecule has 27 heavy (non-hydrogen) atoms. The van der Waals surface area contributed by atoms with Gasteiger partial charge in [-0.2, -0.15) is 0 Å². The maximum atomic E-state index is 12.5. The van der Waals surface area contributed by atoms with Crippen molar-refractivity contribution >= 4 is 23.2 Å². The number of nitrogens with zero attached hydrogens (tertiary/aromatic N) is 1. The van der Waals surface area contributed by atoms with Gasteiger partial charge in [-0.1, -0.05) is 36.4 Å². The first-order chi connectivity index (χ1) is 13.0. The fourth-order valence-corrected chi connectivity index (χ4v) is 4.47. The molecule has 1 fully saturated rings. The van der Waals surface area contributed by atoms with E-state index in [1.165, 1.54) is 4.88 Å². The molecule has 1 aliphatic heterocycles. The number of hydrogen-bond acceptors (Lipinski definition) is 4. The van der Waals surface area contributed by atoms with Gasteiger partial charge in [0.2, 0.25) is 5.91 Å². The average Bonchev–Trinajstić information content (AvgIpc) is 3.17. The van der Waals surface area contributed by atoms with Gasteiger partial charge in [0, 0.05) is 24.4 Å². The third kappa shape index (κ3) is 4.57. The first kappa shape index (κ1) is 19.6. The molecule has 0 unspecified atom stereocenters. The van der Waals surface area contributed by atoms with Gasteiger partial charge >= 0.3 is 5.97 Å². The minimum Gasteiger partial charge on any atom is -0.481 e. The molecule has 1 aromatic carbocycles. The van der Waals surface area contributed by atoms with Crippen LogP contribution in [0, 0.1) is 5.41 Å². The summed E-state index contributed by atoms with van der Waals surface area (Å²) in [5.74, 6) is -1.01. The second kappa shape index (κ2) is 8.67. The summed E-state index contributed by atoms with van der Waals surface area (Å²) in [5, 5.41) is 22.5. The molecule has 5 nitrogen and oxygen atoms in total. The second-order valence-electron chi connectivity index (χ2n) is 7.16. The number of thiophene rings is 1. The van der Waals surface area contributed by atoms with Crippen LogP contribution in [-0.2, 0) is 22.4 Å². The van der Waals surface area contributed by atoms with Crippen LogP contribution in [0.15, 0.2) is 47.8 Å². The summed E-state index contributed by atoms with van der Waals surface area (Å²) >= 11 is 1.68. The highest BCUT2D eigenvalue weighted by Crippen LogP contribution is 2.36. The van der Waals surface area contributed by atoms with Crippen molar-refractivity contribution in [2.24, 2.45) is 5.41 Å². The Hall–Kier alpha value is -2.18. The molecule has 1 amide bonds. The van der Waals surface area contributed by atoms with Crippen molar-refractivity contribution in [3.8, 4) is 0 Å². The van der Waals surface area contributed by atoms with Crippen LogP contribution < -0.4 is 0 Å². The number of benzene rings is 1. The van der Waals surface area contributed by atoms with Crippen LogP contribution in [0.2, 0.25) is 0 Å². The maximum Gasteiger partial charge on any atom is 0.312 e. The van der Waals surface area contributed by atoms with Gasteiger partial charge in [-0.25, -0.2) is 0 Å². The van der Waals surface area contributed by atoms with Crippen LogP contribution in [0.3, 0.4) is 0 Å². The number of β-amino-alcohol motifs (C(OH)–C–C–N with tert-alkyl or cyclic N) is 1. The van der Waals surface area contributed by atoms with E-state index in [0.29, 0.717) is 13.0 Å². The number of carboxylic acid groups (broad SMARTS) is 1. The zero-order valence-electron chi connectivity index (χ0n) is 15.2. The Balaban J connectivity index is 1.59. The molecule has 6 heteroatoms. The van der Waals surface area contributed by atoms with Crippen molar-refractivity contribution in [1.29, 1.82) is 0 Å². The fourth-order valence-electron chi connectivity index (χ4n) is 3.72. The standard InChI is InChI=1S/C21H25NO4S/c23-18-15-22(19(24)10-4-8-17-9-5-13-27-17)12-11-21(18,20(25)26)14-16-6-2-1-3-7-16/h1-3,5-7,9,13,18,23H,4,8,10-12,14-15H2,(H,25,26)/t18-,21+/m0/s1. The van der Waals surface area contributed by atoms with E-state index in [4.69, 9.17) is 0 Å². The Morgan fingerprint density at radius 1 is 1.19 bits per heavy atom. The molecule has 0 bridgehead atoms. The van der Waals surface area contributed by atoms with E-state index in [2.05, 4.69) is 6.07 Å². The number of piperidine rings is 1. The molecule has 1 aromatic heterocycles. The van der Waals surface area contributed by atoms with Gasteiger partial charge in [0.05, 0.1) is 6.10 Å². The van der Waals surface area contributed by atoms with Crippen molar-refractivity contribution in [1.82, 2.24) is 4.90 Å². The highest BCUT2D eigenvalue weighted by molar-refractivity contribution is 7.09. The van der Waals surface area contributed by atoms with Gasteiger partial charge in [0.15, 0.2) is 0 Å². The Kier molecular flexibility index (Phi) is 6.29. The number of hydrogen-bond donors (Lipinski definition) is 2. The van der Waals surface area contributed by atoms with Gasteiger partial charge in [-0.3, -0.25) is 9.59 Å². The summed E-state index contributed by atoms with van der Waals surface area (Å²) in [4.78, 5) is 27.4. The molecule has 2 atom stereocenters. The van der Waals surface area contributed by atoms with E-state index in [9.17, 15) is 19.8 Å². The highest BCUT2D eigenvalue weighted by atomic mass is 32.1. The Morgan fingerprint density at radius 3 is 2.59 bits per heavy atom. The molecule has 3 rings (SSSR count). The molecule has 1 saturated heterocycles. The lowest BCUT2D eigenvalue weighted by Gasteiger charge is -2.43. The molecule has 144 valence electrons. The minimum absolute atomic E-state index is 0.00990. The maximum absolute atomic E-state index is 12.5. The quantitative estimate of drug-likeness (QED) is 0.766. The Labute approximate surface area is 163 Å². The number of aliphatic carboxylic acids is 1. The molecular weight excluding hydrogens is 362 g/mol. The number of carbonyl (C=O) groups excluding carboxylic acids is 1. The molecule has 0 spiro atoms. The molecule has 0 radical (unpaired) electrons. The van der Waals surface area contributed by atoms with Crippen LogP contribution >= 0.6 is 11.3 Å². The van der Waals surface area contributed by atoms with Gasteiger partial charge in [-0.15, -0.1) is 11.3 Å². The molecule has 0 saturated carbocycles. The number of rotatable bonds is 7. The molecular formula is C21H25NO4S. The SMILES string of the molecule is O=C(CCCc1cccs1)N1CC[C@](Cc2ccccc2)(C(=O)O)[C@@H](O)C1. The number of likely N-dealkylation sites (tertiary alicyclic amines) is 1. The summed E-state index contributed by atoms with van der Waals surface area (Å²) in [6.07, 6.45) is 1.50. The first-order valence-corrected chi connectivity index (χ1v) is 10.1. The van der Waals surface area contributed by atoms with E-state index in [1.54, 1.807) is 16.2 Å². The van der Waals surface area contributed by atoms with Crippen LogP contribution in [0.5, 0.6) is 0 Å². The van der Waals surface area contributed by atoms with E-state index in [-0.39, 0.29) is 25.3 Å². The molecule has 2 aromatic rings. The lowest BCUT2D eigenvalue weighted by Crippen LogP contribution is -2.57. The first-order valence-electron chi connectivity index (χ1n) is 9.27. The van der Waals surface area contributed by atoms with Crippen molar-refractivity contribution in [2.75, 3.05) is 13.1 Å². The van der Waals surface area contributed by atoms with Crippen molar-refractivity contribution in [3.63, 3.8) is 0 Å². The van der Waals surface area contributed by atoms with Gasteiger partial charge in [-0.05, 0) is 42.7 Å². The van der Waals surface area contributed by atoms with Crippen molar-refractivity contribution < 1.29 is 19.8 Å². The van der Waals surface area contributed by atoms with Crippen LogP contribution in [0.4, 0.5) is 0 Å². The Bertz CT molecular complexity index is 762. The highest BCUT2D eigenvalue weighted by Gasteiger charge is 2.49. The summed E-state index contributed by atoms with van der Waals surface area (Å²) in [6.45, 7) is 0.449. The zero-order chi connectivity index (χ0) is 19.3.